The lowest BCUT2D eigenvalue weighted by Crippen LogP contribution is -2.50. The van der Waals surface area contributed by atoms with Crippen LogP contribution in [0.2, 0.25) is 0 Å². The van der Waals surface area contributed by atoms with Crippen molar-refractivity contribution < 1.29 is 38.2 Å². The predicted molar refractivity (Wildman–Crippen MR) is 262 cm³/mol. The van der Waals surface area contributed by atoms with Crippen molar-refractivity contribution in [2.75, 3.05) is 41.0 Å². The van der Waals surface area contributed by atoms with E-state index in [0.717, 1.165) is 44.9 Å². The Hall–Kier alpha value is -2.19. The number of rotatable bonds is 48. The van der Waals surface area contributed by atoms with E-state index in [4.69, 9.17) is 14.2 Å². The van der Waals surface area contributed by atoms with Crippen LogP contribution >= 0.6 is 0 Å². The van der Waals surface area contributed by atoms with E-state index in [1.165, 1.54) is 173 Å². The van der Waals surface area contributed by atoms with Gasteiger partial charge in [0.05, 0.1) is 34.4 Å². The van der Waals surface area contributed by atoms with Gasteiger partial charge in [0.25, 0.3) is 0 Å². The lowest BCUT2D eigenvalue weighted by molar-refractivity contribution is -0.887. The van der Waals surface area contributed by atoms with Crippen LogP contribution in [0.1, 0.15) is 251 Å². The van der Waals surface area contributed by atoms with Crippen LogP contribution in [-0.4, -0.2) is 80.6 Å². The molecule has 0 aromatic carbocycles. The molecule has 2 unspecified atom stereocenters. The first kappa shape index (κ1) is 59.8. The number of carbonyl (C=O) groups excluding carboxylic acids is 2. The van der Waals surface area contributed by atoms with E-state index in [9.17, 15) is 19.5 Å². The minimum Gasteiger partial charge on any atom is -0.477 e. The molecule has 1 N–H and O–H groups in total. The van der Waals surface area contributed by atoms with E-state index in [0.29, 0.717) is 19.3 Å². The van der Waals surface area contributed by atoms with Crippen molar-refractivity contribution in [2.24, 2.45) is 0 Å². The number of ether oxygens (including phenoxy) is 3. The molecule has 0 saturated carbocycles. The molecule has 0 spiro atoms. The van der Waals surface area contributed by atoms with Crippen LogP contribution in [0.3, 0.4) is 0 Å². The fraction of sp³-hybridized carbons (Fsp3) is 0.870. The van der Waals surface area contributed by atoms with Gasteiger partial charge in [0.15, 0.2) is 12.1 Å². The van der Waals surface area contributed by atoms with Crippen LogP contribution in [-0.2, 0) is 28.6 Å². The Morgan fingerprint density at radius 2 is 0.855 bits per heavy atom. The summed E-state index contributed by atoms with van der Waals surface area (Å²) in [4.78, 5) is 37.2. The van der Waals surface area contributed by atoms with Gasteiger partial charge in [-0.25, -0.2) is 4.79 Å². The smallest absolute Gasteiger partial charge is 0.362 e. The largest absolute Gasteiger partial charge is 0.477 e. The molecule has 0 amide bonds. The summed E-state index contributed by atoms with van der Waals surface area (Å²) in [6.45, 7) is 4.75. The van der Waals surface area contributed by atoms with E-state index in [-0.39, 0.29) is 36.2 Å². The van der Waals surface area contributed by atoms with Gasteiger partial charge in [0.2, 0.25) is 0 Å². The quantitative estimate of drug-likeness (QED) is 0.0281. The van der Waals surface area contributed by atoms with Crippen LogP contribution < -0.4 is 0 Å². The van der Waals surface area contributed by atoms with Crippen LogP contribution in [0.4, 0.5) is 0 Å². The summed E-state index contributed by atoms with van der Waals surface area (Å²) in [6.07, 6.45) is 52.2. The zero-order valence-electron chi connectivity index (χ0n) is 41.6. The van der Waals surface area contributed by atoms with Crippen LogP contribution in [0.5, 0.6) is 0 Å². The molecule has 0 radical (unpaired) electrons. The number of esters is 2. The fourth-order valence-corrected chi connectivity index (χ4v) is 8.01. The van der Waals surface area contributed by atoms with Crippen molar-refractivity contribution >= 4 is 17.9 Å². The van der Waals surface area contributed by atoms with Crippen molar-refractivity contribution in [3.8, 4) is 0 Å². The Labute approximate surface area is 383 Å². The Balaban J connectivity index is 4.20. The van der Waals surface area contributed by atoms with Gasteiger partial charge in [-0.1, -0.05) is 212 Å². The van der Waals surface area contributed by atoms with Crippen molar-refractivity contribution in [1.29, 1.82) is 0 Å². The Morgan fingerprint density at radius 1 is 0.484 bits per heavy atom. The van der Waals surface area contributed by atoms with E-state index < -0.39 is 18.1 Å². The first-order valence-corrected chi connectivity index (χ1v) is 26.4. The highest BCUT2D eigenvalue weighted by atomic mass is 16.6. The first-order valence-electron chi connectivity index (χ1n) is 26.4. The SMILES string of the molecule is CCCCC/C=C\C/C=C\CCCCCCCCCCCC(=O)OC(COCCC(C(=O)O)[N+](C)(C)C)COC(=O)CCCCCCCCCCCCCCCCCCCCC. The maximum Gasteiger partial charge on any atom is 0.362 e. The summed E-state index contributed by atoms with van der Waals surface area (Å²) in [7, 11) is 5.54. The highest BCUT2D eigenvalue weighted by molar-refractivity contribution is 5.72. The molecule has 0 heterocycles. The highest BCUT2D eigenvalue weighted by Gasteiger charge is 2.31. The number of hydrogen-bond acceptors (Lipinski definition) is 6. The van der Waals surface area contributed by atoms with Crippen LogP contribution in [0.15, 0.2) is 24.3 Å². The first-order chi connectivity index (χ1) is 30.1. The molecule has 0 aromatic heterocycles. The summed E-state index contributed by atoms with van der Waals surface area (Å²) >= 11 is 0. The van der Waals surface area contributed by atoms with E-state index in [2.05, 4.69) is 38.2 Å². The van der Waals surface area contributed by atoms with Gasteiger partial charge in [-0.2, -0.15) is 0 Å². The third kappa shape index (κ3) is 43.1. The van der Waals surface area contributed by atoms with Gasteiger partial charge < -0.3 is 23.8 Å². The van der Waals surface area contributed by atoms with Gasteiger partial charge in [-0.3, -0.25) is 9.59 Å². The monoisotopic (exact) mass is 877 g/mol. The van der Waals surface area contributed by atoms with Crippen LogP contribution in [0.25, 0.3) is 0 Å². The molecule has 0 saturated heterocycles. The lowest BCUT2D eigenvalue weighted by Gasteiger charge is -2.31. The molecular weight excluding hydrogens is 775 g/mol. The molecule has 0 aliphatic rings. The average Bonchev–Trinajstić information content (AvgIpc) is 3.23. The van der Waals surface area contributed by atoms with Crippen LogP contribution in [0, 0.1) is 0 Å². The number of hydrogen-bond donors (Lipinski definition) is 1. The number of aliphatic carboxylic acids is 1. The second kappa shape index (κ2) is 45.4. The van der Waals surface area contributed by atoms with Crippen molar-refractivity contribution in [1.82, 2.24) is 0 Å². The van der Waals surface area contributed by atoms with Gasteiger partial charge >= 0.3 is 17.9 Å². The maximum atomic E-state index is 12.8. The summed E-state index contributed by atoms with van der Waals surface area (Å²) in [5, 5.41) is 9.66. The molecule has 364 valence electrons. The number of nitrogens with zero attached hydrogens (tertiary/aromatic N) is 1. The number of carboxylic acids is 1. The fourth-order valence-electron chi connectivity index (χ4n) is 8.01. The Kier molecular flexibility index (Phi) is 43.8. The standard InChI is InChI=1S/C54H101NO7/c1-6-8-10-12-14-16-18-20-22-24-26-28-30-32-34-36-38-40-42-44-52(56)61-49-50(48-60-47-46-51(54(58)59)55(3,4)5)62-53(57)45-43-41-39-37-35-33-31-29-27-25-23-21-19-17-15-13-11-9-7-2/h15,17,21,23,50-51H,6-14,16,18-20,22,24-49H2,1-5H3/p+1/b17-15-,23-21-. The third-order valence-electron chi connectivity index (χ3n) is 12.1. The minimum atomic E-state index is -0.872. The second-order valence-electron chi connectivity index (χ2n) is 19.1. The van der Waals surface area contributed by atoms with Crippen molar-refractivity contribution in [3.63, 3.8) is 0 Å². The summed E-state index contributed by atoms with van der Waals surface area (Å²) in [5.74, 6) is -1.45. The molecule has 0 bridgehead atoms. The highest BCUT2D eigenvalue weighted by Crippen LogP contribution is 2.17. The molecule has 2 atom stereocenters. The topological polar surface area (TPSA) is 99.1 Å². The number of carbonyl (C=O) groups is 3. The Morgan fingerprint density at radius 3 is 1.27 bits per heavy atom. The molecule has 0 aliphatic heterocycles. The van der Waals surface area contributed by atoms with Gasteiger partial charge in [-0.05, 0) is 44.9 Å². The van der Waals surface area contributed by atoms with Gasteiger partial charge in [-0.15, -0.1) is 0 Å². The molecule has 0 fully saturated rings. The second-order valence-corrected chi connectivity index (χ2v) is 19.1. The predicted octanol–water partition coefficient (Wildman–Crippen LogP) is 15.2. The zero-order valence-corrected chi connectivity index (χ0v) is 41.6. The average molecular weight is 877 g/mol. The lowest BCUT2D eigenvalue weighted by atomic mass is 10.0. The molecule has 0 aliphatic carbocycles. The minimum absolute atomic E-state index is 0.0474. The molecular formula is C54H102NO7+. The number of unbranched alkanes of at least 4 members (excludes halogenated alkanes) is 30. The Bertz CT molecular complexity index is 1070. The summed E-state index contributed by atoms with van der Waals surface area (Å²) < 4.78 is 17.4. The maximum absolute atomic E-state index is 12.8. The molecule has 0 rings (SSSR count). The van der Waals surface area contributed by atoms with E-state index in [1.54, 1.807) is 0 Å². The normalized spacial score (nSPS) is 13.0. The zero-order chi connectivity index (χ0) is 45.6. The van der Waals surface area contributed by atoms with Crippen molar-refractivity contribution in [2.45, 2.75) is 264 Å². The van der Waals surface area contributed by atoms with E-state index in [1.807, 2.05) is 21.1 Å². The molecule has 62 heavy (non-hydrogen) atoms. The number of carboxylic acid groups (broad SMARTS) is 1. The number of allylic oxidation sites excluding steroid dienone is 4. The number of likely N-dealkylation sites (N-methyl/N-ethyl adjacent to an activating group) is 1. The van der Waals surface area contributed by atoms with E-state index >= 15 is 0 Å². The molecule has 8 nitrogen and oxygen atoms in total. The molecule has 8 heteroatoms. The van der Waals surface area contributed by atoms with Gasteiger partial charge in [0, 0.05) is 19.3 Å². The third-order valence-corrected chi connectivity index (χ3v) is 12.1. The summed E-state index contributed by atoms with van der Waals surface area (Å²) in [5.41, 5.74) is 0. The summed E-state index contributed by atoms with van der Waals surface area (Å²) in [6, 6.07) is -0.613. The number of quaternary nitrogens is 1. The van der Waals surface area contributed by atoms with Gasteiger partial charge in [0.1, 0.15) is 6.61 Å². The van der Waals surface area contributed by atoms with Crippen molar-refractivity contribution in [3.05, 3.63) is 24.3 Å². The molecule has 0 aromatic rings.